The second-order valence-electron chi connectivity index (χ2n) is 3.89. The summed E-state index contributed by atoms with van der Waals surface area (Å²) in [6, 6.07) is 1.71. The van der Waals surface area contributed by atoms with Crippen molar-refractivity contribution in [2.75, 3.05) is 11.9 Å². The van der Waals surface area contributed by atoms with Crippen molar-refractivity contribution in [3.63, 3.8) is 0 Å². The Morgan fingerprint density at radius 1 is 1.47 bits per heavy atom. The van der Waals surface area contributed by atoms with Gasteiger partial charge in [-0.15, -0.1) is 0 Å². The van der Waals surface area contributed by atoms with Crippen molar-refractivity contribution in [3.8, 4) is 0 Å². The summed E-state index contributed by atoms with van der Waals surface area (Å²) in [7, 11) is 1.70. The molecule has 1 aliphatic carbocycles. The molecule has 2 rings (SSSR count). The van der Waals surface area contributed by atoms with Gasteiger partial charge in [0.15, 0.2) is 5.72 Å². The molecule has 1 saturated carbocycles. The maximum absolute atomic E-state index is 10.3. The van der Waals surface area contributed by atoms with E-state index in [1.165, 1.54) is 0 Å². The first-order valence-corrected chi connectivity index (χ1v) is 5.06. The number of nitrogens with zero attached hydrogens (tertiary/aromatic N) is 3. The highest BCUT2D eigenvalue weighted by Gasteiger charge is 2.44. The van der Waals surface area contributed by atoms with Gasteiger partial charge in [0.1, 0.15) is 6.10 Å². The lowest BCUT2D eigenvalue weighted by Gasteiger charge is -2.36. The summed E-state index contributed by atoms with van der Waals surface area (Å²) in [6.45, 7) is 0. The molecule has 0 radical (unpaired) electrons. The quantitative estimate of drug-likeness (QED) is 0.678. The molecule has 0 aliphatic heterocycles. The molecule has 0 bridgehead atoms. The van der Waals surface area contributed by atoms with Crippen LogP contribution in [-0.2, 0) is 0 Å². The Morgan fingerprint density at radius 3 is 2.67 bits per heavy atom. The van der Waals surface area contributed by atoms with Gasteiger partial charge in [-0.25, -0.2) is 9.97 Å². The molecule has 1 aliphatic rings. The molecular formula is C10H15N3O2. The Kier molecular flexibility index (Phi) is 2.58. The van der Waals surface area contributed by atoms with E-state index in [4.69, 9.17) is 0 Å². The number of aromatic nitrogens is 2. The van der Waals surface area contributed by atoms with E-state index < -0.39 is 11.8 Å². The zero-order valence-electron chi connectivity index (χ0n) is 8.67. The molecule has 15 heavy (non-hydrogen) atoms. The van der Waals surface area contributed by atoms with Gasteiger partial charge in [0.25, 0.3) is 0 Å². The summed E-state index contributed by atoms with van der Waals surface area (Å²) in [4.78, 5) is 9.64. The standard InChI is InChI=1S/C10H15N3O2/c1-13(9-11-6-3-7-12-9)10(15)5-2-4-8(10)14/h3,6-8,14-15H,2,4-5H2,1H3. The fraction of sp³-hybridized carbons (Fsp3) is 0.600. The molecule has 0 spiro atoms. The number of aliphatic hydroxyl groups is 2. The van der Waals surface area contributed by atoms with Crippen LogP contribution in [0.5, 0.6) is 0 Å². The normalized spacial score (nSPS) is 30.5. The summed E-state index contributed by atoms with van der Waals surface area (Å²) in [5, 5.41) is 20.0. The highest BCUT2D eigenvalue weighted by atomic mass is 16.4. The van der Waals surface area contributed by atoms with E-state index >= 15 is 0 Å². The molecule has 5 nitrogen and oxygen atoms in total. The first-order chi connectivity index (χ1) is 7.14. The number of hydrogen-bond donors (Lipinski definition) is 2. The molecule has 5 heteroatoms. The third-order valence-corrected chi connectivity index (χ3v) is 2.99. The summed E-state index contributed by atoms with van der Waals surface area (Å²) in [6.07, 6.45) is 4.48. The van der Waals surface area contributed by atoms with E-state index in [0.717, 1.165) is 6.42 Å². The second-order valence-corrected chi connectivity index (χ2v) is 3.89. The van der Waals surface area contributed by atoms with Gasteiger partial charge in [0, 0.05) is 19.4 Å². The van der Waals surface area contributed by atoms with Crippen molar-refractivity contribution in [1.82, 2.24) is 9.97 Å². The zero-order chi connectivity index (χ0) is 10.9. The van der Waals surface area contributed by atoms with E-state index in [9.17, 15) is 10.2 Å². The van der Waals surface area contributed by atoms with Crippen LogP contribution in [-0.4, -0.2) is 39.1 Å². The van der Waals surface area contributed by atoms with Crippen molar-refractivity contribution in [3.05, 3.63) is 18.5 Å². The average molecular weight is 209 g/mol. The van der Waals surface area contributed by atoms with Crippen LogP contribution in [0.4, 0.5) is 5.95 Å². The van der Waals surface area contributed by atoms with E-state index in [2.05, 4.69) is 9.97 Å². The van der Waals surface area contributed by atoms with Crippen molar-refractivity contribution >= 4 is 5.95 Å². The predicted molar refractivity (Wildman–Crippen MR) is 55.2 cm³/mol. The smallest absolute Gasteiger partial charge is 0.227 e. The minimum atomic E-state index is -1.22. The minimum absolute atomic E-state index is 0.431. The molecule has 0 amide bonds. The Labute approximate surface area is 88.4 Å². The molecule has 0 aromatic carbocycles. The van der Waals surface area contributed by atoms with Gasteiger partial charge >= 0.3 is 0 Å². The van der Waals surface area contributed by atoms with Crippen LogP contribution in [0.2, 0.25) is 0 Å². The first-order valence-electron chi connectivity index (χ1n) is 5.06. The number of rotatable bonds is 2. The van der Waals surface area contributed by atoms with Crippen molar-refractivity contribution in [1.29, 1.82) is 0 Å². The topological polar surface area (TPSA) is 69.5 Å². The Bertz CT molecular complexity index is 333. The maximum Gasteiger partial charge on any atom is 0.227 e. The Balaban J connectivity index is 2.24. The van der Waals surface area contributed by atoms with Crippen LogP contribution in [0.25, 0.3) is 0 Å². The van der Waals surface area contributed by atoms with E-state index in [-0.39, 0.29) is 0 Å². The van der Waals surface area contributed by atoms with E-state index in [1.54, 1.807) is 30.4 Å². The number of hydrogen-bond acceptors (Lipinski definition) is 5. The van der Waals surface area contributed by atoms with E-state index in [0.29, 0.717) is 18.8 Å². The monoisotopic (exact) mass is 209 g/mol. The summed E-state index contributed by atoms with van der Waals surface area (Å²) >= 11 is 0. The number of aliphatic hydroxyl groups excluding tert-OH is 1. The van der Waals surface area contributed by atoms with Gasteiger partial charge in [-0.05, 0) is 25.3 Å². The number of anilines is 1. The lowest BCUT2D eigenvalue weighted by Crippen LogP contribution is -2.53. The van der Waals surface area contributed by atoms with Gasteiger partial charge in [0.05, 0.1) is 0 Å². The molecule has 1 aromatic heterocycles. The van der Waals surface area contributed by atoms with E-state index in [1.807, 2.05) is 0 Å². The molecule has 1 aromatic rings. The third kappa shape index (κ3) is 1.68. The van der Waals surface area contributed by atoms with Gasteiger partial charge < -0.3 is 15.1 Å². The molecule has 2 N–H and O–H groups in total. The SMILES string of the molecule is CN(c1ncccn1)C1(O)CCCC1O. The third-order valence-electron chi connectivity index (χ3n) is 2.99. The van der Waals surface area contributed by atoms with Gasteiger partial charge in [0.2, 0.25) is 5.95 Å². The molecule has 1 fully saturated rings. The Hall–Kier alpha value is -1.20. The predicted octanol–water partition coefficient (Wildman–Crippen LogP) is 0.146. The maximum atomic E-state index is 10.3. The van der Waals surface area contributed by atoms with Crippen molar-refractivity contribution < 1.29 is 10.2 Å². The van der Waals surface area contributed by atoms with Crippen molar-refractivity contribution in [2.45, 2.75) is 31.1 Å². The Morgan fingerprint density at radius 2 is 2.13 bits per heavy atom. The highest BCUT2D eigenvalue weighted by Crippen LogP contribution is 2.33. The molecule has 0 saturated heterocycles. The lowest BCUT2D eigenvalue weighted by molar-refractivity contribution is -0.0519. The largest absolute Gasteiger partial charge is 0.388 e. The summed E-state index contributed by atoms with van der Waals surface area (Å²) < 4.78 is 0. The molecule has 82 valence electrons. The zero-order valence-corrected chi connectivity index (χ0v) is 8.67. The molecular weight excluding hydrogens is 194 g/mol. The van der Waals surface area contributed by atoms with Crippen LogP contribution in [0.15, 0.2) is 18.5 Å². The number of likely N-dealkylation sites (N-methyl/N-ethyl adjacent to an activating group) is 1. The highest BCUT2D eigenvalue weighted by molar-refractivity contribution is 5.32. The van der Waals surface area contributed by atoms with Crippen LogP contribution in [0, 0.1) is 0 Å². The van der Waals surface area contributed by atoms with Crippen LogP contribution >= 0.6 is 0 Å². The average Bonchev–Trinajstić information content (AvgIpc) is 2.61. The molecule has 1 heterocycles. The van der Waals surface area contributed by atoms with Gasteiger partial charge in [-0.1, -0.05) is 0 Å². The van der Waals surface area contributed by atoms with Gasteiger partial charge in [-0.3, -0.25) is 0 Å². The molecule has 2 unspecified atom stereocenters. The van der Waals surface area contributed by atoms with Crippen LogP contribution < -0.4 is 4.90 Å². The van der Waals surface area contributed by atoms with Gasteiger partial charge in [-0.2, -0.15) is 0 Å². The van der Waals surface area contributed by atoms with Crippen molar-refractivity contribution in [2.24, 2.45) is 0 Å². The fourth-order valence-electron chi connectivity index (χ4n) is 1.98. The lowest BCUT2D eigenvalue weighted by atomic mass is 10.1. The second kappa shape index (κ2) is 3.75. The minimum Gasteiger partial charge on any atom is -0.388 e. The fourth-order valence-corrected chi connectivity index (χ4v) is 1.98. The first kappa shape index (κ1) is 10.3. The molecule has 2 atom stereocenters. The van der Waals surface area contributed by atoms with Crippen LogP contribution in [0.3, 0.4) is 0 Å². The summed E-state index contributed by atoms with van der Waals surface area (Å²) in [5.74, 6) is 0.431. The summed E-state index contributed by atoms with van der Waals surface area (Å²) in [5.41, 5.74) is -1.22. The van der Waals surface area contributed by atoms with Crippen LogP contribution in [0.1, 0.15) is 19.3 Å².